The number of hydrogen-bond donors (Lipinski definition) is 1. The van der Waals surface area contributed by atoms with Crippen molar-refractivity contribution >= 4 is 22.3 Å². The Hall–Kier alpha value is -2.27. The minimum absolute atomic E-state index is 0.0115. The van der Waals surface area contributed by atoms with Crippen molar-refractivity contribution in [1.29, 1.82) is 0 Å². The van der Waals surface area contributed by atoms with E-state index in [2.05, 4.69) is 43.6 Å². The molecule has 2 unspecified atom stereocenters. The molecule has 5 nitrogen and oxygen atoms in total. The lowest BCUT2D eigenvalue weighted by atomic mass is 10.1. The van der Waals surface area contributed by atoms with Gasteiger partial charge in [0, 0.05) is 42.8 Å². The Morgan fingerprint density at radius 1 is 1.23 bits per heavy atom. The van der Waals surface area contributed by atoms with Gasteiger partial charge in [-0.05, 0) is 30.2 Å². The maximum Gasteiger partial charge on any atom is 0.573 e. The second-order valence-electron chi connectivity index (χ2n) is 7.16. The van der Waals surface area contributed by atoms with Crippen molar-refractivity contribution in [3.05, 3.63) is 65.7 Å². The molecule has 164 valence electrons. The number of nitrogens with one attached hydrogen (secondary N) is 1. The highest BCUT2D eigenvalue weighted by Gasteiger charge is 2.31. The predicted molar refractivity (Wildman–Crippen MR) is 114 cm³/mol. The third-order valence-electron chi connectivity index (χ3n) is 4.84. The zero-order chi connectivity index (χ0) is 21.8. The molecule has 10 heteroatoms. The highest BCUT2D eigenvalue weighted by Crippen LogP contribution is 2.25. The van der Waals surface area contributed by atoms with Crippen LogP contribution in [0.1, 0.15) is 12.0 Å². The lowest BCUT2D eigenvalue weighted by Gasteiger charge is -2.17. The molecular weight excluding hydrogens is 447 g/mol. The first-order valence-electron chi connectivity index (χ1n) is 9.61. The van der Waals surface area contributed by atoms with Crippen molar-refractivity contribution in [1.82, 2.24) is 14.6 Å². The topological polar surface area (TPSA) is 54.5 Å². The first kappa shape index (κ1) is 21.9. The Morgan fingerprint density at radius 2 is 2.03 bits per heavy atom. The summed E-state index contributed by atoms with van der Waals surface area (Å²) in [6.45, 7) is 2.33. The number of rotatable bonds is 7. The van der Waals surface area contributed by atoms with Gasteiger partial charge >= 0.3 is 6.36 Å². The molecule has 1 fully saturated rings. The fourth-order valence-electron chi connectivity index (χ4n) is 3.46. The summed E-state index contributed by atoms with van der Waals surface area (Å²) in [6.07, 6.45) is -2.19. The minimum Gasteiger partial charge on any atom is -0.406 e. The highest BCUT2D eigenvalue weighted by molar-refractivity contribution is 7.83. The molecule has 1 aliphatic heterocycles. The van der Waals surface area contributed by atoms with Gasteiger partial charge < -0.3 is 4.74 Å². The lowest BCUT2D eigenvalue weighted by molar-refractivity contribution is -0.274. The summed E-state index contributed by atoms with van der Waals surface area (Å²) in [5.74, 6) is -0.380. The molecule has 1 N–H and O–H groups in total. The third-order valence-corrected chi connectivity index (χ3v) is 6.89. The van der Waals surface area contributed by atoms with Gasteiger partial charge in [-0.15, -0.1) is 24.5 Å². The average Bonchev–Trinajstić information content (AvgIpc) is 3.40. The van der Waals surface area contributed by atoms with Crippen LogP contribution in [0.2, 0.25) is 0 Å². The van der Waals surface area contributed by atoms with Crippen LogP contribution in [-0.4, -0.2) is 39.6 Å². The van der Waals surface area contributed by atoms with Crippen molar-refractivity contribution < 1.29 is 22.1 Å². The molecule has 2 aromatic carbocycles. The molecular formula is C21H20F3N3O2S2. The minimum atomic E-state index is -4.78. The summed E-state index contributed by atoms with van der Waals surface area (Å²) < 4.78 is 56.7. The molecule has 4 rings (SSSR count). The van der Waals surface area contributed by atoms with Gasteiger partial charge in [-0.1, -0.05) is 30.3 Å². The molecule has 0 spiro atoms. The third kappa shape index (κ3) is 6.13. The van der Waals surface area contributed by atoms with Crippen LogP contribution in [0.3, 0.4) is 0 Å². The van der Waals surface area contributed by atoms with E-state index in [1.807, 2.05) is 5.38 Å². The number of halogens is 3. The largest absolute Gasteiger partial charge is 0.573 e. The van der Waals surface area contributed by atoms with E-state index in [9.17, 15) is 17.4 Å². The molecule has 0 radical (unpaired) electrons. The van der Waals surface area contributed by atoms with Gasteiger partial charge in [-0.3, -0.25) is 4.90 Å². The number of aromatic nitrogens is 1. The summed E-state index contributed by atoms with van der Waals surface area (Å²) in [7, 11) is -1.62. The first-order chi connectivity index (χ1) is 14.9. The van der Waals surface area contributed by atoms with E-state index in [0.717, 1.165) is 36.1 Å². The number of likely N-dealkylation sites (tertiary alicyclic amines) is 1. The predicted octanol–water partition coefficient (Wildman–Crippen LogP) is 4.60. The standard InChI is InChI=1S/C21H20F3N3O2S2/c22-21(23,24)29-18-2-1-3-19(12-18)31(28)26-17-8-10-27(14-17)13-15-4-6-16(7-5-15)20-25-9-11-30-20/h1-7,9,11-12,17,26H,8,10,13-14H2. The number of nitrogens with zero attached hydrogens (tertiary/aromatic N) is 2. The SMILES string of the molecule is O=S(NC1CCN(Cc2ccc(-c3nccs3)cc2)C1)c1cccc(OC(F)(F)F)c1. The quantitative estimate of drug-likeness (QED) is 0.552. The Morgan fingerprint density at radius 3 is 2.74 bits per heavy atom. The molecule has 2 atom stereocenters. The molecule has 1 aliphatic rings. The van der Waals surface area contributed by atoms with E-state index in [0.29, 0.717) is 6.54 Å². The van der Waals surface area contributed by atoms with Crippen LogP contribution in [0.15, 0.2) is 65.0 Å². The fraction of sp³-hybridized carbons (Fsp3) is 0.286. The Bertz CT molecular complexity index is 1030. The Kier molecular flexibility index (Phi) is 6.71. The monoisotopic (exact) mass is 467 g/mol. The van der Waals surface area contributed by atoms with Crippen LogP contribution in [-0.2, 0) is 17.5 Å². The fourth-order valence-corrected chi connectivity index (χ4v) is 5.16. The maximum absolute atomic E-state index is 12.6. The molecule has 0 aliphatic carbocycles. The highest BCUT2D eigenvalue weighted by atomic mass is 32.2. The van der Waals surface area contributed by atoms with Crippen molar-refractivity contribution in [2.45, 2.75) is 30.3 Å². The van der Waals surface area contributed by atoms with Crippen LogP contribution in [0.4, 0.5) is 13.2 Å². The Balaban J connectivity index is 1.30. The summed E-state index contributed by atoms with van der Waals surface area (Å²) in [6, 6.07) is 13.5. The van der Waals surface area contributed by atoms with E-state index in [1.54, 1.807) is 17.5 Å². The summed E-state index contributed by atoms with van der Waals surface area (Å²) in [5.41, 5.74) is 2.27. The zero-order valence-corrected chi connectivity index (χ0v) is 18.0. The summed E-state index contributed by atoms with van der Waals surface area (Å²) in [4.78, 5) is 6.82. The smallest absolute Gasteiger partial charge is 0.406 e. The van der Waals surface area contributed by atoms with Crippen molar-refractivity contribution in [3.63, 3.8) is 0 Å². The number of thiazole rings is 1. The molecule has 1 aromatic heterocycles. The number of benzene rings is 2. The van der Waals surface area contributed by atoms with Gasteiger partial charge in [0.15, 0.2) is 0 Å². The van der Waals surface area contributed by atoms with Crippen LogP contribution < -0.4 is 9.46 Å². The van der Waals surface area contributed by atoms with E-state index in [-0.39, 0.29) is 16.7 Å². The first-order valence-corrected chi connectivity index (χ1v) is 11.6. The zero-order valence-electron chi connectivity index (χ0n) is 16.3. The van der Waals surface area contributed by atoms with Gasteiger partial charge in [-0.2, -0.15) is 0 Å². The van der Waals surface area contributed by atoms with E-state index in [1.165, 1.54) is 23.8 Å². The normalized spacial score (nSPS) is 18.2. The van der Waals surface area contributed by atoms with E-state index in [4.69, 9.17) is 0 Å². The number of hydrogen-bond acceptors (Lipinski definition) is 5. The second kappa shape index (κ2) is 9.47. The van der Waals surface area contributed by atoms with E-state index >= 15 is 0 Å². The molecule has 0 amide bonds. The molecule has 1 saturated heterocycles. The molecule has 2 heterocycles. The molecule has 0 bridgehead atoms. The number of alkyl halides is 3. The van der Waals surface area contributed by atoms with Crippen molar-refractivity contribution in [3.8, 4) is 16.3 Å². The van der Waals surface area contributed by atoms with Gasteiger partial charge in [0.2, 0.25) is 0 Å². The van der Waals surface area contributed by atoms with Crippen LogP contribution in [0.5, 0.6) is 5.75 Å². The van der Waals surface area contributed by atoms with Crippen LogP contribution in [0, 0.1) is 0 Å². The molecule has 31 heavy (non-hydrogen) atoms. The van der Waals surface area contributed by atoms with Crippen molar-refractivity contribution in [2.75, 3.05) is 13.1 Å². The van der Waals surface area contributed by atoms with Gasteiger partial charge in [0.25, 0.3) is 0 Å². The lowest BCUT2D eigenvalue weighted by Crippen LogP contribution is -2.33. The summed E-state index contributed by atoms with van der Waals surface area (Å²) >= 11 is 1.60. The van der Waals surface area contributed by atoms with Gasteiger partial charge in [0.05, 0.1) is 4.90 Å². The van der Waals surface area contributed by atoms with Gasteiger partial charge in [0.1, 0.15) is 21.7 Å². The van der Waals surface area contributed by atoms with Crippen molar-refractivity contribution in [2.24, 2.45) is 0 Å². The average molecular weight is 468 g/mol. The van der Waals surface area contributed by atoms with Crippen LogP contribution >= 0.6 is 11.3 Å². The maximum atomic E-state index is 12.6. The van der Waals surface area contributed by atoms with Crippen LogP contribution in [0.25, 0.3) is 10.6 Å². The summed E-state index contributed by atoms with van der Waals surface area (Å²) in [5, 5.41) is 2.94. The Labute approximate surface area is 184 Å². The van der Waals surface area contributed by atoms with E-state index < -0.39 is 17.3 Å². The second-order valence-corrected chi connectivity index (χ2v) is 9.30. The molecule has 0 saturated carbocycles. The van der Waals surface area contributed by atoms with Gasteiger partial charge in [-0.25, -0.2) is 13.9 Å². The molecule has 3 aromatic rings. The number of ether oxygens (including phenoxy) is 1.